The fourth-order valence-corrected chi connectivity index (χ4v) is 4.44. The van der Waals surface area contributed by atoms with Crippen molar-refractivity contribution in [1.29, 1.82) is 5.26 Å². The van der Waals surface area contributed by atoms with E-state index in [1.54, 1.807) is 6.07 Å². The molecule has 0 radical (unpaired) electrons. The number of sulfone groups is 1. The highest BCUT2D eigenvalue weighted by Gasteiger charge is 2.51. The van der Waals surface area contributed by atoms with Gasteiger partial charge in [0.2, 0.25) is 9.84 Å². The van der Waals surface area contributed by atoms with Gasteiger partial charge in [0.05, 0.1) is 21.4 Å². The van der Waals surface area contributed by atoms with Crippen molar-refractivity contribution in [3.05, 3.63) is 59.2 Å². The minimum absolute atomic E-state index is 0.0498. The van der Waals surface area contributed by atoms with Gasteiger partial charge in [-0.3, -0.25) is 0 Å². The molecule has 1 aliphatic rings. The molecule has 148 valence electrons. The summed E-state index contributed by atoms with van der Waals surface area (Å²) in [5, 5.41) is 18.8. The Morgan fingerprint density at radius 3 is 2.25 bits per heavy atom. The van der Waals surface area contributed by atoms with Crippen molar-refractivity contribution in [2.75, 3.05) is 0 Å². The maximum Gasteiger partial charge on any atom is 0.421 e. The van der Waals surface area contributed by atoms with Gasteiger partial charge in [0.1, 0.15) is 0 Å². The molecule has 0 spiro atoms. The van der Waals surface area contributed by atoms with Crippen LogP contribution in [0.1, 0.15) is 36.5 Å². The number of rotatable bonds is 5. The van der Waals surface area contributed by atoms with Gasteiger partial charge in [0.25, 0.3) is 0 Å². The SMILES string of the molecule is C[C@](O)(c1ccc(S(=O)(=O)c2ccc(C#N)cc2CC2CC2)cc1)C(F)(F)F. The quantitative estimate of drug-likeness (QED) is 0.806. The average Bonchev–Trinajstić information content (AvgIpc) is 3.44. The number of alkyl halides is 3. The van der Waals surface area contributed by atoms with Crippen LogP contribution in [0.4, 0.5) is 13.2 Å². The van der Waals surface area contributed by atoms with Gasteiger partial charge in [-0.2, -0.15) is 18.4 Å². The maximum absolute atomic E-state index is 13.0. The molecule has 8 heteroatoms. The van der Waals surface area contributed by atoms with Crippen LogP contribution in [0.15, 0.2) is 52.3 Å². The van der Waals surface area contributed by atoms with Gasteiger partial charge in [-0.25, -0.2) is 8.42 Å². The molecular weight excluding hydrogens is 391 g/mol. The molecule has 0 heterocycles. The maximum atomic E-state index is 13.0. The molecule has 4 nitrogen and oxygen atoms in total. The zero-order valence-corrected chi connectivity index (χ0v) is 15.8. The number of benzene rings is 2. The van der Waals surface area contributed by atoms with E-state index in [0.717, 1.165) is 37.1 Å². The second kappa shape index (κ2) is 6.90. The minimum Gasteiger partial charge on any atom is -0.376 e. The zero-order valence-electron chi connectivity index (χ0n) is 15.0. The minimum atomic E-state index is -4.89. The van der Waals surface area contributed by atoms with Crippen LogP contribution < -0.4 is 0 Å². The van der Waals surface area contributed by atoms with Crippen molar-refractivity contribution in [2.45, 2.75) is 47.8 Å². The Labute approximate surface area is 161 Å². The van der Waals surface area contributed by atoms with E-state index < -0.39 is 27.2 Å². The van der Waals surface area contributed by atoms with E-state index in [-0.39, 0.29) is 9.79 Å². The Morgan fingerprint density at radius 2 is 1.75 bits per heavy atom. The summed E-state index contributed by atoms with van der Waals surface area (Å²) in [5.41, 5.74) is -2.64. The van der Waals surface area contributed by atoms with Crippen molar-refractivity contribution in [3.63, 3.8) is 0 Å². The lowest BCUT2D eigenvalue weighted by Gasteiger charge is -2.26. The number of aliphatic hydroxyl groups is 1. The molecule has 1 saturated carbocycles. The van der Waals surface area contributed by atoms with E-state index in [9.17, 15) is 26.7 Å². The van der Waals surface area contributed by atoms with Crippen LogP contribution in [0.5, 0.6) is 0 Å². The van der Waals surface area contributed by atoms with Crippen LogP contribution in [0.2, 0.25) is 0 Å². The molecule has 1 fully saturated rings. The summed E-state index contributed by atoms with van der Waals surface area (Å²) in [6, 6.07) is 10.4. The van der Waals surface area contributed by atoms with Crippen molar-refractivity contribution < 1.29 is 26.7 Å². The Balaban J connectivity index is 2.01. The lowest BCUT2D eigenvalue weighted by atomic mass is 9.96. The number of nitriles is 1. The van der Waals surface area contributed by atoms with Gasteiger partial charge in [0, 0.05) is 0 Å². The lowest BCUT2D eigenvalue weighted by Crippen LogP contribution is -2.39. The summed E-state index contributed by atoms with van der Waals surface area (Å²) >= 11 is 0. The smallest absolute Gasteiger partial charge is 0.376 e. The van der Waals surface area contributed by atoms with Crippen molar-refractivity contribution in [2.24, 2.45) is 5.92 Å². The molecule has 2 aromatic carbocycles. The monoisotopic (exact) mass is 409 g/mol. The first-order chi connectivity index (χ1) is 13.0. The van der Waals surface area contributed by atoms with E-state index in [4.69, 9.17) is 5.26 Å². The first-order valence-electron chi connectivity index (χ1n) is 8.64. The second-order valence-corrected chi connectivity index (χ2v) is 9.10. The molecule has 1 atom stereocenters. The van der Waals surface area contributed by atoms with Crippen LogP contribution in [0.3, 0.4) is 0 Å². The third-order valence-corrected chi connectivity index (χ3v) is 6.83. The summed E-state index contributed by atoms with van der Waals surface area (Å²) in [6.07, 6.45) is -2.36. The fraction of sp³-hybridized carbons (Fsp3) is 0.350. The number of halogens is 3. The Morgan fingerprint density at radius 1 is 1.14 bits per heavy atom. The van der Waals surface area contributed by atoms with Crippen molar-refractivity contribution >= 4 is 9.84 Å². The fourth-order valence-electron chi connectivity index (χ4n) is 2.95. The van der Waals surface area contributed by atoms with Gasteiger partial charge in [-0.1, -0.05) is 12.1 Å². The highest BCUT2D eigenvalue weighted by molar-refractivity contribution is 7.91. The average molecular weight is 409 g/mol. The Hall–Kier alpha value is -2.37. The standard InChI is InChI=1S/C20H18F3NO3S/c1-19(25,20(21,22)23)16-5-7-17(8-6-16)28(26,27)18-9-4-14(12-24)11-15(18)10-13-2-3-13/h4-9,11,13,25H,2-3,10H2,1H3/t19-/m0/s1. The topological polar surface area (TPSA) is 78.2 Å². The molecule has 1 aliphatic carbocycles. The van der Waals surface area contributed by atoms with Crippen LogP contribution in [0.25, 0.3) is 0 Å². The lowest BCUT2D eigenvalue weighted by molar-refractivity contribution is -0.258. The van der Waals surface area contributed by atoms with Crippen molar-refractivity contribution in [1.82, 2.24) is 0 Å². The molecule has 0 bridgehead atoms. The van der Waals surface area contributed by atoms with E-state index >= 15 is 0 Å². The summed E-state index contributed by atoms with van der Waals surface area (Å²) in [7, 11) is -3.98. The molecule has 0 aromatic heterocycles. The summed E-state index contributed by atoms with van der Waals surface area (Å²) in [6.45, 7) is 0.616. The van der Waals surface area contributed by atoms with Gasteiger partial charge in [-0.15, -0.1) is 0 Å². The molecular formula is C20H18F3NO3S. The van der Waals surface area contributed by atoms with E-state index in [2.05, 4.69) is 0 Å². The van der Waals surface area contributed by atoms with E-state index in [1.165, 1.54) is 12.1 Å². The molecule has 0 saturated heterocycles. The van der Waals surface area contributed by atoms with Crippen LogP contribution in [-0.2, 0) is 21.9 Å². The highest BCUT2D eigenvalue weighted by atomic mass is 32.2. The molecule has 3 rings (SSSR count). The van der Waals surface area contributed by atoms with Crippen molar-refractivity contribution in [3.8, 4) is 6.07 Å². The number of nitrogens with zero attached hydrogens (tertiary/aromatic N) is 1. The van der Waals surface area contributed by atoms with Crippen LogP contribution >= 0.6 is 0 Å². The second-order valence-electron chi connectivity index (χ2n) is 7.18. The summed E-state index contributed by atoms with van der Waals surface area (Å²) < 4.78 is 65.0. The van der Waals surface area contributed by atoms with E-state index in [0.29, 0.717) is 30.4 Å². The Bertz CT molecular complexity index is 1030. The Kier molecular flexibility index (Phi) is 5.02. The highest BCUT2D eigenvalue weighted by Crippen LogP contribution is 2.39. The van der Waals surface area contributed by atoms with E-state index in [1.807, 2.05) is 6.07 Å². The number of hydrogen-bond acceptors (Lipinski definition) is 4. The van der Waals surface area contributed by atoms with Gasteiger partial charge in [0.15, 0.2) is 5.60 Å². The van der Waals surface area contributed by atoms with Gasteiger partial charge >= 0.3 is 6.18 Å². The molecule has 2 aromatic rings. The van der Waals surface area contributed by atoms with Crippen LogP contribution in [0, 0.1) is 17.2 Å². The first kappa shape index (κ1) is 20.4. The zero-order chi connectivity index (χ0) is 20.7. The normalized spacial score (nSPS) is 17.0. The molecule has 28 heavy (non-hydrogen) atoms. The molecule has 1 N–H and O–H groups in total. The van der Waals surface area contributed by atoms with Gasteiger partial charge in [-0.05, 0) is 73.6 Å². The number of hydrogen-bond donors (Lipinski definition) is 1. The summed E-state index contributed by atoms with van der Waals surface area (Å²) in [5.74, 6) is 0.382. The van der Waals surface area contributed by atoms with Gasteiger partial charge < -0.3 is 5.11 Å². The first-order valence-corrected chi connectivity index (χ1v) is 10.1. The summed E-state index contributed by atoms with van der Waals surface area (Å²) in [4.78, 5) is -0.121. The molecule has 0 amide bonds. The third kappa shape index (κ3) is 3.77. The largest absolute Gasteiger partial charge is 0.421 e. The molecule has 0 unspecified atom stereocenters. The molecule has 0 aliphatic heterocycles. The van der Waals surface area contributed by atoms with Crippen LogP contribution in [-0.4, -0.2) is 19.7 Å². The predicted molar refractivity (Wildman–Crippen MR) is 95.1 cm³/mol. The predicted octanol–water partition coefficient (Wildman–Crippen LogP) is 4.11. The third-order valence-electron chi connectivity index (χ3n) is 4.96.